The number of carboxylic acids is 1. The van der Waals surface area contributed by atoms with Crippen LogP contribution in [0.3, 0.4) is 0 Å². The molecule has 1 rings (SSSR count). The van der Waals surface area contributed by atoms with Gasteiger partial charge in [-0.2, -0.15) is 0 Å². The molecule has 4 nitrogen and oxygen atoms in total. The van der Waals surface area contributed by atoms with Gasteiger partial charge in [0.1, 0.15) is 11.3 Å². The largest absolute Gasteiger partial charge is 0.496 e. The fraction of sp³-hybridized carbons (Fsp3) is 0.364. The lowest BCUT2D eigenvalue weighted by atomic mass is 10.1. The highest BCUT2D eigenvalue weighted by Gasteiger charge is 2.14. The molecule has 0 amide bonds. The van der Waals surface area contributed by atoms with Gasteiger partial charge in [-0.25, -0.2) is 4.79 Å². The van der Waals surface area contributed by atoms with Crippen LogP contribution in [0, 0.1) is 0 Å². The van der Waals surface area contributed by atoms with Crippen molar-refractivity contribution < 1.29 is 14.6 Å². The van der Waals surface area contributed by atoms with Gasteiger partial charge in [0.15, 0.2) is 0 Å². The van der Waals surface area contributed by atoms with Crippen molar-refractivity contribution >= 4 is 11.7 Å². The van der Waals surface area contributed by atoms with Gasteiger partial charge in [0, 0.05) is 7.05 Å². The molecule has 0 aliphatic carbocycles. The number of benzene rings is 1. The predicted molar refractivity (Wildman–Crippen MR) is 60.8 cm³/mol. The van der Waals surface area contributed by atoms with Gasteiger partial charge in [-0.05, 0) is 12.1 Å². The summed E-state index contributed by atoms with van der Waals surface area (Å²) >= 11 is 0. The molecule has 1 aromatic rings. The maximum atomic E-state index is 10.8. The number of ether oxygens (including phenoxy) is 1. The SMILES string of the molecule is CC.CNc1cccc(OC)c1C(=O)O. The number of methoxy groups -OCH3 is 1. The molecular weight excluding hydrogens is 194 g/mol. The first kappa shape index (κ1) is 13.3. The highest BCUT2D eigenvalue weighted by Crippen LogP contribution is 2.25. The maximum absolute atomic E-state index is 10.8. The molecule has 0 bridgehead atoms. The Morgan fingerprint density at radius 2 is 2.00 bits per heavy atom. The molecule has 15 heavy (non-hydrogen) atoms. The van der Waals surface area contributed by atoms with Gasteiger partial charge in [0.25, 0.3) is 0 Å². The lowest BCUT2D eigenvalue weighted by Gasteiger charge is -2.09. The first-order valence-corrected chi connectivity index (χ1v) is 4.78. The minimum absolute atomic E-state index is 0.160. The molecule has 0 radical (unpaired) electrons. The monoisotopic (exact) mass is 211 g/mol. The van der Waals surface area contributed by atoms with Crippen LogP contribution in [0.5, 0.6) is 5.75 Å². The molecule has 0 saturated heterocycles. The van der Waals surface area contributed by atoms with E-state index in [0.717, 1.165) is 0 Å². The minimum Gasteiger partial charge on any atom is -0.496 e. The molecule has 0 unspecified atom stereocenters. The van der Waals surface area contributed by atoms with Crippen LogP contribution in [0.15, 0.2) is 18.2 Å². The molecule has 0 heterocycles. The second-order valence-corrected chi connectivity index (χ2v) is 2.44. The van der Waals surface area contributed by atoms with Gasteiger partial charge in [-0.1, -0.05) is 19.9 Å². The third-order valence-electron chi connectivity index (χ3n) is 1.73. The second kappa shape index (κ2) is 6.70. The third-order valence-corrected chi connectivity index (χ3v) is 1.73. The number of aromatic carboxylic acids is 1. The minimum atomic E-state index is -0.998. The van der Waals surface area contributed by atoms with Gasteiger partial charge in [-0.3, -0.25) is 0 Å². The molecule has 0 aromatic heterocycles. The Morgan fingerprint density at radius 1 is 1.40 bits per heavy atom. The van der Waals surface area contributed by atoms with E-state index in [1.165, 1.54) is 7.11 Å². The van der Waals surface area contributed by atoms with Gasteiger partial charge >= 0.3 is 5.97 Å². The zero-order valence-electron chi connectivity index (χ0n) is 9.50. The highest BCUT2D eigenvalue weighted by atomic mass is 16.5. The van der Waals surface area contributed by atoms with Crippen LogP contribution in [0.25, 0.3) is 0 Å². The average molecular weight is 211 g/mol. The van der Waals surface area contributed by atoms with Crippen molar-refractivity contribution in [1.29, 1.82) is 0 Å². The van der Waals surface area contributed by atoms with E-state index in [2.05, 4.69) is 5.32 Å². The molecule has 0 aliphatic rings. The smallest absolute Gasteiger partial charge is 0.341 e. The Labute approximate surface area is 89.9 Å². The van der Waals surface area contributed by atoms with Gasteiger partial charge in [0.2, 0.25) is 0 Å². The zero-order valence-corrected chi connectivity index (χ0v) is 9.50. The Hall–Kier alpha value is -1.71. The summed E-state index contributed by atoms with van der Waals surface area (Å²) in [4.78, 5) is 10.8. The van der Waals surface area contributed by atoms with Gasteiger partial charge in [0.05, 0.1) is 12.8 Å². The number of carboxylic acid groups (broad SMARTS) is 1. The lowest BCUT2D eigenvalue weighted by molar-refractivity contribution is 0.0694. The second-order valence-electron chi connectivity index (χ2n) is 2.44. The molecule has 0 spiro atoms. The van der Waals surface area contributed by atoms with Gasteiger partial charge in [-0.15, -0.1) is 0 Å². The van der Waals surface area contributed by atoms with Crippen LogP contribution in [0.1, 0.15) is 24.2 Å². The normalized spacial score (nSPS) is 8.53. The molecule has 0 fully saturated rings. The summed E-state index contributed by atoms with van der Waals surface area (Å²) in [6, 6.07) is 5.04. The maximum Gasteiger partial charge on any atom is 0.341 e. The molecular formula is C11H17NO3. The fourth-order valence-electron chi connectivity index (χ4n) is 1.13. The summed E-state index contributed by atoms with van der Waals surface area (Å²) < 4.78 is 4.93. The average Bonchev–Trinajstić information content (AvgIpc) is 2.30. The topological polar surface area (TPSA) is 58.6 Å². The summed E-state index contributed by atoms with van der Waals surface area (Å²) in [5, 5.41) is 11.7. The summed E-state index contributed by atoms with van der Waals surface area (Å²) in [7, 11) is 3.11. The zero-order chi connectivity index (χ0) is 11.8. The third kappa shape index (κ3) is 3.16. The number of nitrogens with one attached hydrogen (secondary N) is 1. The Kier molecular flexibility index (Phi) is 5.94. The van der Waals surface area contributed by atoms with Crippen LogP contribution in [0.2, 0.25) is 0 Å². The van der Waals surface area contributed by atoms with Crippen molar-refractivity contribution in [3.63, 3.8) is 0 Å². The van der Waals surface area contributed by atoms with Crippen LogP contribution in [-0.4, -0.2) is 25.2 Å². The van der Waals surface area contributed by atoms with Crippen molar-refractivity contribution in [1.82, 2.24) is 0 Å². The molecule has 0 aliphatic heterocycles. The highest BCUT2D eigenvalue weighted by molar-refractivity contribution is 5.97. The van der Waals surface area contributed by atoms with Gasteiger partial charge < -0.3 is 15.2 Å². The number of hydrogen-bond donors (Lipinski definition) is 2. The fourth-order valence-corrected chi connectivity index (χ4v) is 1.13. The van der Waals surface area contributed by atoms with Crippen molar-refractivity contribution in [2.45, 2.75) is 13.8 Å². The molecule has 0 saturated carbocycles. The van der Waals surface area contributed by atoms with Crippen molar-refractivity contribution in [3.05, 3.63) is 23.8 Å². The number of rotatable bonds is 3. The summed E-state index contributed by atoms with van der Waals surface area (Å²) in [5.41, 5.74) is 0.708. The molecule has 0 atom stereocenters. The van der Waals surface area contributed by atoms with Crippen LogP contribution >= 0.6 is 0 Å². The van der Waals surface area contributed by atoms with Crippen LogP contribution < -0.4 is 10.1 Å². The van der Waals surface area contributed by atoms with E-state index in [4.69, 9.17) is 9.84 Å². The Morgan fingerprint density at radius 3 is 2.40 bits per heavy atom. The van der Waals surface area contributed by atoms with E-state index in [9.17, 15) is 4.79 Å². The van der Waals surface area contributed by atoms with E-state index >= 15 is 0 Å². The number of carbonyl (C=O) groups is 1. The first-order chi connectivity index (χ1) is 7.20. The van der Waals surface area contributed by atoms with E-state index in [1.54, 1.807) is 25.2 Å². The molecule has 84 valence electrons. The quantitative estimate of drug-likeness (QED) is 0.806. The van der Waals surface area contributed by atoms with Crippen molar-refractivity contribution in [3.8, 4) is 5.75 Å². The van der Waals surface area contributed by atoms with E-state index in [1.807, 2.05) is 13.8 Å². The summed E-state index contributed by atoms with van der Waals surface area (Å²) in [5.74, 6) is -0.638. The number of anilines is 1. The van der Waals surface area contributed by atoms with Crippen LogP contribution in [-0.2, 0) is 0 Å². The lowest BCUT2D eigenvalue weighted by Crippen LogP contribution is -2.05. The van der Waals surface area contributed by atoms with Crippen molar-refractivity contribution in [2.24, 2.45) is 0 Å². The Balaban J connectivity index is 0.000000921. The summed E-state index contributed by atoms with van der Waals surface area (Å²) in [6.45, 7) is 4.00. The van der Waals surface area contributed by atoms with E-state index < -0.39 is 5.97 Å². The number of hydrogen-bond acceptors (Lipinski definition) is 3. The standard InChI is InChI=1S/C9H11NO3.C2H6/c1-10-6-4-3-5-7(13-2)8(6)9(11)12;1-2/h3-5,10H,1-2H3,(H,11,12);1-2H3. The predicted octanol–water partition coefficient (Wildman–Crippen LogP) is 2.46. The summed E-state index contributed by atoms with van der Waals surface area (Å²) in [6.07, 6.45) is 0. The van der Waals surface area contributed by atoms with Crippen LogP contribution in [0.4, 0.5) is 5.69 Å². The molecule has 4 heteroatoms. The van der Waals surface area contributed by atoms with E-state index in [0.29, 0.717) is 11.4 Å². The van der Waals surface area contributed by atoms with Crippen molar-refractivity contribution in [2.75, 3.05) is 19.5 Å². The Bertz CT molecular complexity index is 301. The van der Waals surface area contributed by atoms with E-state index in [-0.39, 0.29) is 5.56 Å². The first-order valence-electron chi connectivity index (χ1n) is 4.78. The molecule has 1 aromatic carbocycles. The molecule has 2 N–H and O–H groups in total.